The summed E-state index contributed by atoms with van der Waals surface area (Å²) >= 11 is 0. The monoisotopic (exact) mass is 634 g/mol. The number of hydrogen-bond acceptors (Lipinski definition) is 1. The van der Waals surface area contributed by atoms with E-state index in [0.717, 1.165) is 0 Å². The third-order valence-electron chi connectivity index (χ3n) is 11.4. The van der Waals surface area contributed by atoms with Crippen LogP contribution in [-0.4, -0.2) is 11.3 Å². The van der Waals surface area contributed by atoms with Gasteiger partial charge in [-0.1, -0.05) is 133 Å². The number of benzene rings is 6. The molecule has 0 amide bonds. The molecule has 0 bridgehead atoms. The molecule has 1 N–H and O–H groups in total. The molecule has 1 aromatic heterocycles. The van der Waals surface area contributed by atoms with Crippen molar-refractivity contribution < 1.29 is 0 Å². The second-order valence-electron chi connectivity index (χ2n) is 16.5. The Kier molecular flexibility index (Phi) is 6.29. The van der Waals surface area contributed by atoms with E-state index >= 15 is 0 Å². The van der Waals surface area contributed by atoms with E-state index in [-0.39, 0.29) is 23.0 Å². The summed E-state index contributed by atoms with van der Waals surface area (Å²) in [7, 11) is 0. The van der Waals surface area contributed by atoms with Crippen molar-refractivity contribution >= 4 is 56.3 Å². The van der Waals surface area contributed by atoms with Gasteiger partial charge in [-0.2, -0.15) is 0 Å². The van der Waals surface area contributed by atoms with E-state index in [9.17, 15) is 0 Å². The summed E-state index contributed by atoms with van der Waals surface area (Å²) in [6.07, 6.45) is 0. The smallest absolute Gasteiger partial charge is 0.252 e. The van der Waals surface area contributed by atoms with Gasteiger partial charge in [-0.25, -0.2) is 0 Å². The van der Waals surface area contributed by atoms with E-state index in [1.807, 2.05) is 0 Å². The Bertz CT molecular complexity index is 2400. The van der Waals surface area contributed by atoms with Crippen molar-refractivity contribution in [1.29, 1.82) is 0 Å². The molecule has 2 aliphatic rings. The van der Waals surface area contributed by atoms with E-state index in [1.165, 1.54) is 83.1 Å². The molecule has 3 heteroatoms. The second-order valence-corrected chi connectivity index (χ2v) is 16.5. The maximum absolute atomic E-state index is 3.96. The zero-order chi connectivity index (χ0) is 33.9. The molecule has 0 saturated carbocycles. The predicted octanol–water partition coefficient (Wildman–Crippen LogP) is 9.62. The lowest BCUT2D eigenvalue weighted by Crippen LogP contribution is -2.59. The standard InChI is InChI=1S/C46H43BN2/c1-44(2,3)31-22-23-40-34(24-31)35-25-32(45(4,5)6)26-37-43(35)49(40)41-28-33(27-39-42(41)47(37)36-20-14-15-21-38(36)48-39)46(7,29-16-10-8-11-17-29)30-18-12-9-13-19-30/h8-28,48H,1-7H3. The van der Waals surface area contributed by atoms with Gasteiger partial charge in [0.25, 0.3) is 6.71 Å². The van der Waals surface area contributed by atoms with Gasteiger partial charge in [-0.15, -0.1) is 0 Å². The van der Waals surface area contributed by atoms with E-state index in [4.69, 9.17) is 0 Å². The van der Waals surface area contributed by atoms with Crippen molar-refractivity contribution in [2.45, 2.75) is 64.7 Å². The van der Waals surface area contributed by atoms with Gasteiger partial charge in [0.1, 0.15) is 0 Å². The van der Waals surface area contributed by atoms with Gasteiger partial charge in [-0.05, 0) is 98.4 Å². The maximum Gasteiger partial charge on any atom is 0.252 e. The first-order chi connectivity index (χ1) is 23.4. The lowest BCUT2D eigenvalue weighted by molar-refractivity contribution is 0.590. The van der Waals surface area contributed by atoms with Gasteiger partial charge in [0.05, 0.1) is 5.52 Å². The minimum Gasteiger partial charge on any atom is -0.356 e. The Hall–Kier alpha value is -5.02. The van der Waals surface area contributed by atoms with Gasteiger partial charge >= 0.3 is 0 Å². The lowest BCUT2D eigenvalue weighted by Gasteiger charge is -2.38. The summed E-state index contributed by atoms with van der Waals surface area (Å²) in [5, 5.41) is 6.65. The molecule has 0 radical (unpaired) electrons. The first kappa shape index (κ1) is 30.1. The van der Waals surface area contributed by atoms with Crippen LogP contribution in [0.3, 0.4) is 0 Å². The van der Waals surface area contributed by atoms with Crippen LogP contribution < -0.4 is 21.7 Å². The maximum atomic E-state index is 3.96. The zero-order valence-corrected chi connectivity index (χ0v) is 29.6. The van der Waals surface area contributed by atoms with Crippen molar-refractivity contribution in [3.8, 4) is 5.69 Å². The first-order valence-electron chi connectivity index (χ1n) is 17.7. The number of para-hydroxylation sites is 1. The second kappa shape index (κ2) is 10.2. The summed E-state index contributed by atoms with van der Waals surface area (Å²) in [5.41, 5.74) is 16.7. The number of nitrogens with one attached hydrogen (secondary N) is 1. The normalized spacial score (nSPS) is 13.7. The summed E-state index contributed by atoms with van der Waals surface area (Å²) in [6, 6.07) is 48.2. The minimum atomic E-state index is -0.375. The van der Waals surface area contributed by atoms with Crippen LogP contribution in [0.5, 0.6) is 0 Å². The fourth-order valence-corrected chi connectivity index (χ4v) is 8.60. The molecule has 9 rings (SSSR count). The quantitative estimate of drug-likeness (QED) is 0.151. The van der Waals surface area contributed by atoms with Crippen molar-refractivity contribution in [2.24, 2.45) is 0 Å². The molecule has 49 heavy (non-hydrogen) atoms. The van der Waals surface area contributed by atoms with Crippen LogP contribution in [0.15, 0.2) is 127 Å². The molecule has 0 aliphatic carbocycles. The number of hydrogen-bond donors (Lipinski definition) is 1. The minimum absolute atomic E-state index is 0.00727. The fourth-order valence-electron chi connectivity index (χ4n) is 8.60. The van der Waals surface area contributed by atoms with Crippen molar-refractivity contribution in [1.82, 2.24) is 4.57 Å². The Balaban J connectivity index is 1.45. The Morgan fingerprint density at radius 2 is 1.10 bits per heavy atom. The van der Waals surface area contributed by atoms with Crippen LogP contribution in [0.2, 0.25) is 0 Å². The van der Waals surface area contributed by atoms with Crippen LogP contribution in [0.4, 0.5) is 11.4 Å². The molecule has 0 fully saturated rings. The number of fused-ring (bicyclic) bond motifs is 7. The van der Waals surface area contributed by atoms with E-state index < -0.39 is 0 Å². The topological polar surface area (TPSA) is 17.0 Å². The largest absolute Gasteiger partial charge is 0.356 e. The Morgan fingerprint density at radius 3 is 1.76 bits per heavy atom. The van der Waals surface area contributed by atoms with E-state index in [2.05, 4.69) is 186 Å². The summed E-state index contributed by atoms with van der Waals surface area (Å²) in [6.45, 7) is 16.5. The molecule has 0 unspecified atom stereocenters. The molecule has 0 saturated heterocycles. The van der Waals surface area contributed by atoms with E-state index in [0.29, 0.717) is 0 Å². The molecule has 3 heterocycles. The molecule has 2 nitrogen and oxygen atoms in total. The van der Waals surface area contributed by atoms with Crippen LogP contribution in [0.1, 0.15) is 76.3 Å². The zero-order valence-electron chi connectivity index (χ0n) is 29.6. The SMILES string of the molecule is CC(C)(C)c1ccc2c(c1)c1cc(C(C)(C)C)cc3c1n2-c1cc(C(C)(c2ccccc2)c2ccccc2)cc2c1B3c1ccccc1N2. The molecule has 7 aromatic rings. The highest BCUT2D eigenvalue weighted by molar-refractivity contribution is 7.00. The van der Waals surface area contributed by atoms with Crippen LogP contribution in [0, 0.1) is 0 Å². The average Bonchev–Trinajstić information content (AvgIpc) is 3.43. The molecular weight excluding hydrogens is 591 g/mol. The summed E-state index contributed by atoms with van der Waals surface area (Å²) < 4.78 is 2.60. The molecular formula is C46H43BN2. The average molecular weight is 635 g/mol. The van der Waals surface area contributed by atoms with Crippen molar-refractivity contribution in [2.75, 3.05) is 5.32 Å². The predicted molar refractivity (Wildman–Crippen MR) is 211 cm³/mol. The van der Waals surface area contributed by atoms with Gasteiger partial charge in [0.15, 0.2) is 0 Å². The molecule has 0 spiro atoms. The van der Waals surface area contributed by atoms with Gasteiger partial charge < -0.3 is 9.88 Å². The summed E-state index contributed by atoms with van der Waals surface area (Å²) in [5.74, 6) is 0. The Labute approximate surface area is 290 Å². The van der Waals surface area contributed by atoms with Crippen molar-refractivity contribution in [3.63, 3.8) is 0 Å². The molecule has 6 aromatic carbocycles. The molecule has 0 atom stereocenters. The number of nitrogens with zero attached hydrogens (tertiary/aromatic N) is 1. The van der Waals surface area contributed by atoms with Gasteiger partial charge in [-0.3, -0.25) is 0 Å². The van der Waals surface area contributed by atoms with Gasteiger partial charge in [0, 0.05) is 38.8 Å². The van der Waals surface area contributed by atoms with Crippen molar-refractivity contribution in [3.05, 3.63) is 155 Å². The highest BCUT2D eigenvalue weighted by atomic mass is 15.0. The third kappa shape index (κ3) is 4.34. The molecule has 2 aliphatic heterocycles. The van der Waals surface area contributed by atoms with Gasteiger partial charge in [0.2, 0.25) is 0 Å². The summed E-state index contributed by atoms with van der Waals surface area (Å²) in [4.78, 5) is 0. The lowest BCUT2D eigenvalue weighted by atomic mass is 9.33. The van der Waals surface area contributed by atoms with Crippen LogP contribution in [0.25, 0.3) is 27.5 Å². The third-order valence-corrected chi connectivity index (χ3v) is 11.4. The van der Waals surface area contributed by atoms with Crippen LogP contribution in [-0.2, 0) is 16.2 Å². The van der Waals surface area contributed by atoms with Crippen LogP contribution >= 0.6 is 0 Å². The molecule has 240 valence electrons. The fraction of sp³-hybridized carbons (Fsp3) is 0.217. The highest BCUT2D eigenvalue weighted by Crippen LogP contribution is 2.44. The number of anilines is 2. The van der Waals surface area contributed by atoms with E-state index in [1.54, 1.807) is 0 Å². The first-order valence-corrected chi connectivity index (χ1v) is 17.7. The highest BCUT2D eigenvalue weighted by Gasteiger charge is 2.42. The number of rotatable bonds is 3. The number of aromatic nitrogens is 1. The Morgan fingerprint density at radius 1 is 0.490 bits per heavy atom.